The molecule has 0 unspecified atom stereocenters. The molecular formula is C19H27NO4. The molecule has 1 aromatic carbocycles. The zero-order valence-corrected chi connectivity index (χ0v) is 14.8. The number of carbonyl (C=O) groups is 2. The van der Waals surface area contributed by atoms with E-state index in [1.165, 1.54) is 4.90 Å². The zero-order valence-electron chi connectivity index (χ0n) is 14.8. The Balaban J connectivity index is 1.94. The summed E-state index contributed by atoms with van der Waals surface area (Å²) in [5.74, 6) is -0.406. The lowest BCUT2D eigenvalue weighted by Gasteiger charge is -2.30. The lowest BCUT2D eigenvalue weighted by atomic mass is 10.2. The second-order valence-electron chi connectivity index (χ2n) is 7.19. The number of nitrogens with zero attached hydrogens (tertiary/aromatic N) is 1. The summed E-state index contributed by atoms with van der Waals surface area (Å²) < 4.78 is 10.8. The molecule has 1 saturated carbocycles. The Bertz CT molecular complexity index is 544. The normalized spacial score (nSPS) is 15.1. The number of hydrogen-bond donors (Lipinski definition) is 0. The maximum atomic E-state index is 12.5. The third kappa shape index (κ3) is 5.87. The SMILES string of the molecule is CC(C)(C)OC(=O)N(CC(=O)OCc1ccccc1)C1CCCC1. The van der Waals surface area contributed by atoms with Gasteiger partial charge in [-0.1, -0.05) is 43.2 Å². The van der Waals surface area contributed by atoms with Gasteiger partial charge < -0.3 is 9.47 Å². The molecule has 5 heteroatoms. The predicted molar refractivity (Wildman–Crippen MR) is 91.4 cm³/mol. The van der Waals surface area contributed by atoms with Crippen molar-refractivity contribution in [3.05, 3.63) is 35.9 Å². The van der Waals surface area contributed by atoms with Crippen molar-refractivity contribution in [2.24, 2.45) is 0 Å². The number of benzene rings is 1. The molecule has 0 N–H and O–H groups in total. The van der Waals surface area contributed by atoms with Crippen molar-refractivity contribution in [2.75, 3.05) is 6.54 Å². The molecule has 0 atom stereocenters. The van der Waals surface area contributed by atoms with Gasteiger partial charge in [0.05, 0.1) is 0 Å². The molecule has 0 saturated heterocycles. The van der Waals surface area contributed by atoms with Crippen molar-refractivity contribution in [3.63, 3.8) is 0 Å². The maximum absolute atomic E-state index is 12.5. The van der Waals surface area contributed by atoms with Gasteiger partial charge in [-0.15, -0.1) is 0 Å². The van der Waals surface area contributed by atoms with Gasteiger partial charge in [0.25, 0.3) is 0 Å². The van der Waals surface area contributed by atoms with Crippen LogP contribution in [0.4, 0.5) is 4.79 Å². The highest BCUT2D eigenvalue weighted by molar-refractivity contribution is 5.78. The van der Waals surface area contributed by atoms with Crippen molar-refractivity contribution in [3.8, 4) is 0 Å². The van der Waals surface area contributed by atoms with E-state index in [1.54, 1.807) is 0 Å². The van der Waals surface area contributed by atoms with Gasteiger partial charge in [0.15, 0.2) is 0 Å². The topological polar surface area (TPSA) is 55.8 Å². The number of rotatable bonds is 5. The van der Waals surface area contributed by atoms with E-state index in [0.29, 0.717) is 0 Å². The largest absolute Gasteiger partial charge is 0.459 e. The average molecular weight is 333 g/mol. The first kappa shape index (κ1) is 18.3. The molecule has 132 valence electrons. The minimum absolute atomic E-state index is 0.0594. The fourth-order valence-corrected chi connectivity index (χ4v) is 2.80. The molecular weight excluding hydrogens is 306 g/mol. The van der Waals surface area contributed by atoms with Gasteiger partial charge in [0.1, 0.15) is 18.8 Å². The molecule has 1 aliphatic carbocycles. The Hall–Kier alpha value is -2.04. The summed E-state index contributed by atoms with van der Waals surface area (Å²) >= 11 is 0. The van der Waals surface area contributed by atoms with E-state index in [9.17, 15) is 9.59 Å². The minimum Gasteiger partial charge on any atom is -0.459 e. The van der Waals surface area contributed by atoms with Crippen LogP contribution in [0.1, 0.15) is 52.0 Å². The van der Waals surface area contributed by atoms with Crippen LogP contribution >= 0.6 is 0 Å². The molecule has 5 nitrogen and oxygen atoms in total. The van der Waals surface area contributed by atoms with Gasteiger partial charge >= 0.3 is 12.1 Å². The molecule has 0 radical (unpaired) electrons. The fourth-order valence-electron chi connectivity index (χ4n) is 2.80. The van der Waals surface area contributed by atoms with Gasteiger partial charge in [-0.2, -0.15) is 0 Å². The third-order valence-corrected chi connectivity index (χ3v) is 3.94. The average Bonchev–Trinajstić information content (AvgIpc) is 3.04. The number of amides is 1. The van der Waals surface area contributed by atoms with Crippen molar-refractivity contribution in [1.82, 2.24) is 4.90 Å². The predicted octanol–water partition coefficient (Wildman–Crippen LogP) is 3.91. The molecule has 0 spiro atoms. The molecule has 0 aromatic heterocycles. The van der Waals surface area contributed by atoms with Crippen LogP contribution in [-0.4, -0.2) is 35.2 Å². The number of carbonyl (C=O) groups excluding carboxylic acids is 2. The van der Waals surface area contributed by atoms with Crippen LogP contribution in [0.5, 0.6) is 0 Å². The highest BCUT2D eigenvalue weighted by atomic mass is 16.6. The smallest absolute Gasteiger partial charge is 0.411 e. The summed E-state index contributed by atoms with van der Waals surface area (Å²) in [6, 6.07) is 9.56. The van der Waals surface area contributed by atoms with E-state index in [0.717, 1.165) is 31.2 Å². The van der Waals surface area contributed by atoms with Crippen molar-refractivity contribution in [2.45, 2.75) is 64.7 Å². The maximum Gasteiger partial charge on any atom is 0.411 e. The summed E-state index contributed by atoms with van der Waals surface area (Å²) in [5.41, 5.74) is 0.345. The summed E-state index contributed by atoms with van der Waals surface area (Å²) in [7, 11) is 0. The fraction of sp³-hybridized carbons (Fsp3) is 0.579. The quantitative estimate of drug-likeness (QED) is 0.767. The van der Waals surface area contributed by atoms with Crippen molar-refractivity contribution < 1.29 is 19.1 Å². The van der Waals surface area contributed by atoms with Crippen LogP contribution in [0.15, 0.2) is 30.3 Å². The highest BCUT2D eigenvalue weighted by Gasteiger charge is 2.32. The van der Waals surface area contributed by atoms with Gasteiger partial charge in [0.2, 0.25) is 0 Å². The van der Waals surface area contributed by atoms with E-state index in [1.807, 2.05) is 51.1 Å². The lowest BCUT2D eigenvalue weighted by Crippen LogP contribution is -2.45. The third-order valence-electron chi connectivity index (χ3n) is 3.94. The summed E-state index contributed by atoms with van der Waals surface area (Å²) in [6.45, 7) is 5.63. The second kappa shape index (κ2) is 8.18. The molecule has 1 fully saturated rings. The van der Waals surface area contributed by atoms with E-state index in [2.05, 4.69) is 0 Å². The molecule has 24 heavy (non-hydrogen) atoms. The standard InChI is InChI=1S/C19H27NO4/c1-19(2,3)24-18(22)20(16-11-7-8-12-16)13-17(21)23-14-15-9-5-4-6-10-15/h4-6,9-10,16H,7-8,11-14H2,1-3H3. The van der Waals surface area contributed by atoms with Gasteiger partial charge in [0, 0.05) is 6.04 Å². The van der Waals surface area contributed by atoms with Crippen molar-refractivity contribution in [1.29, 1.82) is 0 Å². The van der Waals surface area contributed by atoms with E-state index in [-0.39, 0.29) is 19.2 Å². The summed E-state index contributed by atoms with van der Waals surface area (Å²) in [6.07, 6.45) is 3.52. The molecule has 0 heterocycles. The molecule has 1 aliphatic rings. The Labute approximate surface area is 143 Å². The second-order valence-corrected chi connectivity index (χ2v) is 7.19. The van der Waals surface area contributed by atoms with Crippen LogP contribution < -0.4 is 0 Å². The van der Waals surface area contributed by atoms with Crippen LogP contribution in [-0.2, 0) is 20.9 Å². The van der Waals surface area contributed by atoms with Gasteiger partial charge in [-0.25, -0.2) is 4.79 Å². The first-order valence-corrected chi connectivity index (χ1v) is 8.54. The van der Waals surface area contributed by atoms with Crippen LogP contribution in [0, 0.1) is 0 Å². The molecule has 1 aromatic rings. The van der Waals surface area contributed by atoms with E-state index >= 15 is 0 Å². The first-order chi connectivity index (χ1) is 11.3. The van der Waals surface area contributed by atoms with Crippen molar-refractivity contribution >= 4 is 12.1 Å². The zero-order chi connectivity index (χ0) is 17.6. The van der Waals surface area contributed by atoms with Crippen LogP contribution in [0.25, 0.3) is 0 Å². The monoisotopic (exact) mass is 333 g/mol. The molecule has 1 amide bonds. The molecule has 0 bridgehead atoms. The Morgan fingerprint density at radius 1 is 1.12 bits per heavy atom. The Kier molecular flexibility index (Phi) is 6.23. The van der Waals surface area contributed by atoms with Crippen LogP contribution in [0.2, 0.25) is 0 Å². The molecule has 0 aliphatic heterocycles. The van der Waals surface area contributed by atoms with Crippen LogP contribution in [0.3, 0.4) is 0 Å². The Morgan fingerprint density at radius 2 is 1.75 bits per heavy atom. The highest BCUT2D eigenvalue weighted by Crippen LogP contribution is 2.25. The number of ether oxygens (including phenoxy) is 2. The number of hydrogen-bond acceptors (Lipinski definition) is 4. The van der Waals surface area contributed by atoms with Gasteiger partial charge in [-0.05, 0) is 39.2 Å². The number of esters is 1. The minimum atomic E-state index is -0.581. The van der Waals surface area contributed by atoms with E-state index in [4.69, 9.17) is 9.47 Å². The summed E-state index contributed by atoms with van der Waals surface area (Å²) in [5, 5.41) is 0. The molecule has 2 rings (SSSR count). The first-order valence-electron chi connectivity index (χ1n) is 8.54. The Morgan fingerprint density at radius 3 is 2.33 bits per heavy atom. The van der Waals surface area contributed by atoms with Gasteiger partial charge in [-0.3, -0.25) is 9.69 Å². The summed E-state index contributed by atoms with van der Waals surface area (Å²) in [4.78, 5) is 26.2. The lowest BCUT2D eigenvalue weighted by molar-refractivity contribution is -0.146. The van der Waals surface area contributed by atoms with E-state index < -0.39 is 17.7 Å².